The third-order valence-electron chi connectivity index (χ3n) is 7.00. The van der Waals surface area contributed by atoms with Gasteiger partial charge in [-0.25, -0.2) is 0 Å². The highest BCUT2D eigenvalue weighted by Crippen LogP contribution is 2.35. The molecule has 0 saturated carbocycles. The molecule has 0 N–H and O–H groups in total. The summed E-state index contributed by atoms with van der Waals surface area (Å²) in [5.74, 6) is 3.30. The number of unbranched alkanes of at least 4 members (excludes halogenated alkanes) is 3. The van der Waals surface area contributed by atoms with Crippen LogP contribution in [0.25, 0.3) is 11.1 Å². The fourth-order valence-electron chi connectivity index (χ4n) is 4.71. The second-order valence-electron chi connectivity index (χ2n) is 11.0. The van der Waals surface area contributed by atoms with E-state index in [9.17, 15) is 0 Å². The molecule has 0 amide bonds. The number of benzene rings is 2. The normalized spacial score (nSPS) is 11.3. The van der Waals surface area contributed by atoms with Gasteiger partial charge in [-0.05, 0) is 88.8 Å². The number of hydrogen-bond acceptors (Lipinski definition) is 9. The molecule has 0 radical (unpaired) electrons. The predicted octanol–water partition coefficient (Wildman–Crippen LogP) is 7.72. The van der Waals surface area contributed by atoms with Crippen molar-refractivity contribution in [2.75, 3.05) is 39.6 Å². The summed E-state index contributed by atoms with van der Waals surface area (Å²) in [6.07, 6.45) is 5.00. The second kappa shape index (κ2) is 18.2. The standard InChI is InChI=1S/C35H46N2O7/c1-26-10-13-35(42-17-8-6-5-7-14-39-24-30-21-28(3)43-36-30)34(20-26)33-23-32(12-11-27(33)2)41-19-18-38-15-9-16-40-25-31-22-29(4)44-37-31/h10-13,20-23H,5-9,14-19,24-25H2,1-4H3. The van der Waals surface area contributed by atoms with Crippen LogP contribution < -0.4 is 9.47 Å². The molecule has 0 unspecified atom stereocenters. The monoisotopic (exact) mass is 606 g/mol. The average Bonchev–Trinajstić information content (AvgIpc) is 3.63. The zero-order valence-corrected chi connectivity index (χ0v) is 26.6. The summed E-state index contributed by atoms with van der Waals surface area (Å²) < 4.78 is 39.4. The number of aromatic nitrogens is 2. The molecule has 2 aromatic carbocycles. The van der Waals surface area contributed by atoms with Crippen molar-refractivity contribution in [1.82, 2.24) is 10.3 Å². The minimum atomic E-state index is 0.451. The molecule has 0 bridgehead atoms. The maximum absolute atomic E-state index is 6.28. The van der Waals surface area contributed by atoms with Crippen LogP contribution in [0.15, 0.2) is 57.6 Å². The molecule has 2 aromatic heterocycles. The Balaban J connectivity index is 1.13. The summed E-state index contributed by atoms with van der Waals surface area (Å²) in [6.45, 7) is 12.5. The fraction of sp³-hybridized carbons (Fsp3) is 0.486. The van der Waals surface area contributed by atoms with Crippen molar-refractivity contribution < 1.29 is 32.7 Å². The van der Waals surface area contributed by atoms with Crippen LogP contribution in [-0.4, -0.2) is 50.0 Å². The van der Waals surface area contributed by atoms with Crippen molar-refractivity contribution in [1.29, 1.82) is 0 Å². The van der Waals surface area contributed by atoms with E-state index in [4.69, 9.17) is 32.7 Å². The van der Waals surface area contributed by atoms with Crippen LogP contribution in [0.1, 0.15) is 66.1 Å². The summed E-state index contributed by atoms with van der Waals surface area (Å²) in [6, 6.07) is 16.3. The third kappa shape index (κ3) is 11.4. The molecule has 0 aliphatic heterocycles. The Labute approximate surface area is 260 Å². The Morgan fingerprint density at radius 2 is 1.20 bits per heavy atom. The van der Waals surface area contributed by atoms with Gasteiger partial charge in [-0.15, -0.1) is 0 Å². The first-order chi connectivity index (χ1) is 21.5. The van der Waals surface area contributed by atoms with Gasteiger partial charge >= 0.3 is 0 Å². The van der Waals surface area contributed by atoms with Gasteiger partial charge in [0, 0.05) is 37.5 Å². The predicted molar refractivity (Wildman–Crippen MR) is 168 cm³/mol. The highest BCUT2D eigenvalue weighted by Gasteiger charge is 2.12. The average molecular weight is 607 g/mol. The van der Waals surface area contributed by atoms with Gasteiger partial charge in [0.25, 0.3) is 0 Å². The topological polar surface area (TPSA) is 98.2 Å². The van der Waals surface area contributed by atoms with E-state index in [1.807, 2.05) is 32.0 Å². The van der Waals surface area contributed by atoms with Gasteiger partial charge in [-0.1, -0.05) is 34.4 Å². The molecule has 2 heterocycles. The van der Waals surface area contributed by atoms with Gasteiger partial charge in [-0.3, -0.25) is 0 Å². The Kier molecular flexibility index (Phi) is 13.8. The first-order valence-corrected chi connectivity index (χ1v) is 15.5. The summed E-state index contributed by atoms with van der Waals surface area (Å²) >= 11 is 0. The SMILES string of the molecule is Cc1ccc(OCCCCCCOCc2cc(C)on2)c(-c2cc(OCCOCCCOCc3cc(C)on3)ccc2C)c1. The molecule has 0 saturated heterocycles. The number of hydrogen-bond donors (Lipinski definition) is 0. The van der Waals surface area contributed by atoms with E-state index < -0.39 is 0 Å². The Bertz CT molecular complexity index is 1400. The van der Waals surface area contributed by atoms with E-state index in [1.54, 1.807) is 0 Å². The molecule has 0 spiro atoms. The van der Waals surface area contributed by atoms with E-state index >= 15 is 0 Å². The van der Waals surface area contributed by atoms with Gasteiger partial charge in [0.1, 0.15) is 41.0 Å². The van der Waals surface area contributed by atoms with Crippen LogP contribution >= 0.6 is 0 Å². The molecule has 9 heteroatoms. The minimum absolute atomic E-state index is 0.451. The van der Waals surface area contributed by atoms with Crippen molar-refractivity contribution in [3.63, 3.8) is 0 Å². The number of rotatable bonds is 21. The maximum Gasteiger partial charge on any atom is 0.134 e. The Hall–Kier alpha value is -3.66. The van der Waals surface area contributed by atoms with Crippen molar-refractivity contribution in [2.24, 2.45) is 0 Å². The van der Waals surface area contributed by atoms with Crippen LogP contribution in [0.3, 0.4) is 0 Å². The maximum atomic E-state index is 6.28. The van der Waals surface area contributed by atoms with Crippen molar-refractivity contribution in [3.8, 4) is 22.6 Å². The van der Waals surface area contributed by atoms with E-state index in [-0.39, 0.29) is 0 Å². The molecule has 0 fully saturated rings. The van der Waals surface area contributed by atoms with Crippen LogP contribution in [0, 0.1) is 27.7 Å². The van der Waals surface area contributed by atoms with Gasteiger partial charge in [0.15, 0.2) is 0 Å². The van der Waals surface area contributed by atoms with Crippen LogP contribution in [0.2, 0.25) is 0 Å². The van der Waals surface area contributed by atoms with Crippen LogP contribution in [-0.2, 0) is 27.4 Å². The molecule has 0 aliphatic rings. The second-order valence-corrected chi connectivity index (χ2v) is 11.0. The molecule has 44 heavy (non-hydrogen) atoms. The van der Waals surface area contributed by atoms with Crippen LogP contribution in [0.5, 0.6) is 11.5 Å². The molecule has 4 rings (SSSR count). The van der Waals surface area contributed by atoms with Gasteiger partial charge in [-0.2, -0.15) is 0 Å². The minimum Gasteiger partial charge on any atom is -0.493 e. The Morgan fingerprint density at radius 3 is 1.89 bits per heavy atom. The molecule has 238 valence electrons. The van der Waals surface area contributed by atoms with E-state index in [1.165, 1.54) is 11.1 Å². The molecular weight excluding hydrogens is 560 g/mol. The molecule has 0 aliphatic carbocycles. The number of ether oxygens (including phenoxy) is 5. The quantitative estimate of drug-likeness (QED) is 0.0883. The number of nitrogens with zero attached hydrogens (tertiary/aromatic N) is 2. The van der Waals surface area contributed by atoms with Crippen molar-refractivity contribution >= 4 is 0 Å². The fourth-order valence-corrected chi connectivity index (χ4v) is 4.71. The van der Waals surface area contributed by atoms with E-state index in [2.05, 4.69) is 54.5 Å². The van der Waals surface area contributed by atoms with E-state index in [0.29, 0.717) is 46.2 Å². The van der Waals surface area contributed by atoms with Gasteiger partial charge < -0.3 is 32.7 Å². The molecular formula is C35H46N2O7. The lowest BCUT2D eigenvalue weighted by Crippen LogP contribution is -2.09. The molecule has 9 nitrogen and oxygen atoms in total. The third-order valence-corrected chi connectivity index (χ3v) is 7.00. The smallest absolute Gasteiger partial charge is 0.134 e. The first kappa shape index (κ1) is 33.2. The zero-order chi connectivity index (χ0) is 31.0. The lowest BCUT2D eigenvalue weighted by molar-refractivity contribution is 0.0617. The molecule has 0 atom stereocenters. The highest BCUT2D eigenvalue weighted by atomic mass is 16.5. The van der Waals surface area contributed by atoms with Crippen molar-refractivity contribution in [2.45, 2.75) is 73.0 Å². The Morgan fingerprint density at radius 1 is 0.545 bits per heavy atom. The summed E-state index contributed by atoms with van der Waals surface area (Å²) in [7, 11) is 0. The van der Waals surface area contributed by atoms with Gasteiger partial charge in [0.2, 0.25) is 0 Å². The lowest BCUT2D eigenvalue weighted by atomic mass is 9.98. The number of aryl methyl sites for hydroxylation is 4. The largest absolute Gasteiger partial charge is 0.493 e. The summed E-state index contributed by atoms with van der Waals surface area (Å²) in [4.78, 5) is 0. The first-order valence-electron chi connectivity index (χ1n) is 15.5. The summed E-state index contributed by atoms with van der Waals surface area (Å²) in [5.41, 5.74) is 6.21. The summed E-state index contributed by atoms with van der Waals surface area (Å²) in [5, 5.41) is 7.87. The van der Waals surface area contributed by atoms with Crippen molar-refractivity contribution in [3.05, 3.63) is 82.6 Å². The van der Waals surface area contributed by atoms with E-state index in [0.717, 1.165) is 84.2 Å². The van der Waals surface area contributed by atoms with Gasteiger partial charge in [0.05, 0.1) is 26.4 Å². The van der Waals surface area contributed by atoms with Crippen LogP contribution in [0.4, 0.5) is 0 Å². The zero-order valence-electron chi connectivity index (χ0n) is 26.6. The highest BCUT2D eigenvalue weighted by molar-refractivity contribution is 5.75. The molecule has 4 aromatic rings. The lowest BCUT2D eigenvalue weighted by Gasteiger charge is -2.16.